The van der Waals surface area contributed by atoms with E-state index in [4.69, 9.17) is 4.74 Å². The number of aromatic nitrogens is 2. The number of amides is 1. The highest BCUT2D eigenvalue weighted by Gasteiger charge is 2.41. The Morgan fingerprint density at radius 2 is 1.83 bits per heavy atom. The van der Waals surface area contributed by atoms with Crippen LogP contribution in [0.3, 0.4) is 0 Å². The molecule has 2 aliphatic carbocycles. The minimum atomic E-state index is -3.31. The maximum absolute atomic E-state index is 13.6. The lowest BCUT2D eigenvalue weighted by Gasteiger charge is -2.27. The van der Waals surface area contributed by atoms with Crippen molar-refractivity contribution in [3.05, 3.63) is 47.4 Å². The van der Waals surface area contributed by atoms with Crippen molar-refractivity contribution >= 4 is 21.6 Å². The number of anilines is 1. The lowest BCUT2D eigenvalue weighted by Crippen LogP contribution is -2.27. The highest BCUT2D eigenvalue weighted by Crippen LogP contribution is 2.46. The second-order valence-electron chi connectivity index (χ2n) is 11.0. The van der Waals surface area contributed by atoms with E-state index in [0.29, 0.717) is 42.0 Å². The van der Waals surface area contributed by atoms with Gasteiger partial charge in [-0.15, -0.1) is 0 Å². The number of rotatable bonds is 9. The van der Waals surface area contributed by atoms with Gasteiger partial charge in [0.2, 0.25) is 5.91 Å². The van der Waals surface area contributed by atoms with Crippen LogP contribution in [-0.2, 0) is 25.0 Å². The molecule has 9 heteroatoms. The minimum Gasteiger partial charge on any atom is -0.384 e. The summed E-state index contributed by atoms with van der Waals surface area (Å²) in [5.41, 5.74) is 1.01. The third-order valence-corrected chi connectivity index (χ3v) is 9.81. The zero-order chi connectivity index (χ0) is 25.5. The van der Waals surface area contributed by atoms with Crippen LogP contribution in [0.1, 0.15) is 87.4 Å². The summed E-state index contributed by atoms with van der Waals surface area (Å²) in [4.78, 5) is 22.6. The van der Waals surface area contributed by atoms with Gasteiger partial charge in [0.05, 0.1) is 34.2 Å². The van der Waals surface area contributed by atoms with Gasteiger partial charge < -0.3 is 15.2 Å². The summed E-state index contributed by atoms with van der Waals surface area (Å²) in [7, 11) is -3.31. The number of carbonyl (C=O) groups excluding carboxylic acids is 1. The molecule has 3 fully saturated rings. The van der Waals surface area contributed by atoms with Crippen molar-refractivity contribution in [2.45, 2.75) is 86.4 Å². The summed E-state index contributed by atoms with van der Waals surface area (Å²) in [6.07, 6.45) is 8.80. The second kappa shape index (κ2) is 9.84. The average Bonchev–Trinajstić information content (AvgIpc) is 3.75. The molecule has 0 bridgehead atoms. The Labute approximate surface area is 212 Å². The Hall–Kier alpha value is -2.36. The fourth-order valence-electron chi connectivity index (χ4n) is 4.95. The van der Waals surface area contributed by atoms with Gasteiger partial charge in [0.25, 0.3) is 0 Å². The van der Waals surface area contributed by atoms with Crippen LogP contribution < -0.4 is 5.32 Å². The number of sulfone groups is 1. The van der Waals surface area contributed by atoms with E-state index in [0.717, 1.165) is 49.7 Å². The highest BCUT2D eigenvalue weighted by molar-refractivity contribution is 7.92. The second-order valence-corrected chi connectivity index (χ2v) is 13.2. The minimum absolute atomic E-state index is 0.189. The number of aliphatic hydroxyl groups is 1. The molecule has 0 unspecified atom stereocenters. The van der Waals surface area contributed by atoms with Crippen molar-refractivity contribution in [2.24, 2.45) is 5.92 Å². The third-order valence-electron chi connectivity index (χ3n) is 7.48. The quantitative estimate of drug-likeness (QED) is 0.519. The summed E-state index contributed by atoms with van der Waals surface area (Å²) in [6, 6.07) is 5.53. The first-order chi connectivity index (χ1) is 17.1. The van der Waals surface area contributed by atoms with E-state index in [1.165, 1.54) is 12.4 Å². The average molecular weight is 514 g/mol. The van der Waals surface area contributed by atoms with Crippen molar-refractivity contribution in [3.8, 4) is 0 Å². The Bertz CT molecular complexity index is 1210. The standard InChI is InChI=1S/C27H35N3O5S/c1-27(2,32)24-15-29-25(16-28-24)30-26(31)22(13-17-9-11-35-12-10-17)19-5-8-23(21(14-19)18-3-4-18)36(33,34)20-6-7-20/h5,8,14-18,20,22,32H,3-4,6-7,9-13H2,1-2H3,(H,29,30,31)/t22-/m1/s1. The van der Waals surface area contributed by atoms with Gasteiger partial charge in [-0.25, -0.2) is 13.4 Å². The molecule has 2 aromatic rings. The summed E-state index contributed by atoms with van der Waals surface area (Å²) in [6.45, 7) is 4.64. The number of nitrogens with zero attached hydrogens (tertiary/aromatic N) is 2. The van der Waals surface area contributed by atoms with Gasteiger partial charge in [-0.2, -0.15) is 0 Å². The van der Waals surface area contributed by atoms with E-state index in [-0.39, 0.29) is 17.1 Å². The first-order valence-corrected chi connectivity index (χ1v) is 14.5. The Balaban J connectivity index is 1.44. The first kappa shape index (κ1) is 25.3. The van der Waals surface area contributed by atoms with E-state index in [9.17, 15) is 18.3 Å². The summed E-state index contributed by atoms with van der Waals surface area (Å²) in [5.74, 6) is 0.281. The molecular formula is C27H35N3O5S. The topological polar surface area (TPSA) is 118 Å². The molecule has 2 N–H and O–H groups in total. The molecule has 0 spiro atoms. The van der Waals surface area contributed by atoms with Gasteiger partial charge >= 0.3 is 0 Å². The maximum atomic E-state index is 13.6. The number of ether oxygens (including phenoxy) is 1. The molecule has 5 rings (SSSR count). The molecule has 36 heavy (non-hydrogen) atoms. The van der Waals surface area contributed by atoms with Gasteiger partial charge in [-0.3, -0.25) is 9.78 Å². The molecule has 1 aromatic heterocycles. The first-order valence-electron chi connectivity index (χ1n) is 12.9. The molecule has 1 aliphatic heterocycles. The molecule has 1 saturated heterocycles. The maximum Gasteiger partial charge on any atom is 0.233 e. The van der Waals surface area contributed by atoms with Crippen molar-refractivity contribution < 1.29 is 23.1 Å². The fourth-order valence-corrected chi connectivity index (χ4v) is 6.87. The number of carbonyl (C=O) groups is 1. The van der Waals surface area contributed by atoms with Crippen molar-refractivity contribution in [3.63, 3.8) is 0 Å². The van der Waals surface area contributed by atoms with E-state index in [2.05, 4.69) is 15.3 Å². The van der Waals surface area contributed by atoms with Gasteiger partial charge in [0.1, 0.15) is 5.60 Å². The van der Waals surface area contributed by atoms with Gasteiger partial charge in [-0.05, 0) is 87.8 Å². The highest BCUT2D eigenvalue weighted by atomic mass is 32.2. The van der Waals surface area contributed by atoms with E-state index >= 15 is 0 Å². The SMILES string of the molecule is CC(C)(O)c1cnc(NC(=O)[C@H](CC2CCOCC2)c2ccc(S(=O)(=O)C3CC3)c(C3CC3)c2)cn1. The Kier molecular flexibility index (Phi) is 6.91. The van der Waals surface area contributed by atoms with Crippen LogP contribution in [0.25, 0.3) is 0 Å². The van der Waals surface area contributed by atoms with Crippen molar-refractivity contribution in [1.29, 1.82) is 0 Å². The normalized spacial score (nSPS) is 20.2. The van der Waals surface area contributed by atoms with E-state index in [1.54, 1.807) is 19.9 Å². The molecule has 194 valence electrons. The summed E-state index contributed by atoms with van der Waals surface area (Å²) < 4.78 is 31.7. The smallest absolute Gasteiger partial charge is 0.233 e. The predicted octanol–water partition coefficient (Wildman–Crippen LogP) is 4.06. The van der Waals surface area contributed by atoms with Crippen LogP contribution in [0.4, 0.5) is 5.82 Å². The Morgan fingerprint density at radius 3 is 2.42 bits per heavy atom. The molecule has 2 heterocycles. The van der Waals surface area contributed by atoms with Crippen LogP contribution in [0.5, 0.6) is 0 Å². The van der Waals surface area contributed by atoms with E-state index in [1.807, 2.05) is 12.1 Å². The van der Waals surface area contributed by atoms with Crippen LogP contribution in [0.2, 0.25) is 0 Å². The molecule has 1 aromatic carbocycles. The van der Waals surface area contributed by atoms with Gasteiger partial charge in [-0.1, -0.05) is 12.1 Å². The summed E-state index contributed by atoms with van der Waals surface area (Å²) in [5, 5.41) is 12.8. The number of benzene rings is 1. The lowest BCUT2D eigenvalue weighted by atomic mass is 9.83. The third kappa shape index (κ3) is 5.63. The van der Waals surface area contributed by atoms with E-state index < -0.39 is 21.4 Å². The molecule has 1 amide bonds. The zero-order valence-electron chi connectivity index (χ0n) is 20.9. The molecule has 2 saturated carbocycles. The number of hydrogen-bond donors (Lipinski definition) is 2. The molecular weight excluding hydrogens is 478 g/mol. The van der Waals surface area contributed by atoms with Gasteiger partial charge in [0.15, 0.2) is 15.7 Å². The van der Waals surface area contributed by atoms with Gasteiger partial charge in [0, 0.05) is 13.2 Å². The molecule has 0 radical (unpaired) electrons. The molecule has 1 atom stereocenters. The Morgan fingerprint density at radius 1 is 1.11 bits per heavy atom. The van der Waals surface area contributed by atoms with Crippen LogP contribution in [-0.4, -0.2) is 47.9 Å². The lowest BCUT2D eigenvalue weighted by molar-refractivity contribution is -0.118. The summed E-state index contributed by atoms with van der Waals surface area (Å²) >= 11 is 0. The number of nitrogens with one attached hydrogen (secondary N) is 1. The molecule has 8 nitrogen and oxygen atoms in total. The van der Waals surface area contributed by atoms with Crippen molar-refractivity contribution in [2.75, 3.05) is 18.5 Å². The number of hydrogen-bond acceptors (Lipinski definition) is 7. The fraction of sp³-hybridized carbons (Fsp3) is 0.593. The molecule has 3 aliphatic rings. The largest absolute Gasteiger partial charge is 0.384 e. The van der Waals surface area contributed by atoms with Crippen LogP contribution in [0, 0.1) is 5.92 Å². The predicted molar refractivity (Wildman–Crippen MR) is 135 cm³/mol. The zero-order valence-corrected chi connectivity index (χ0v) is 21.8. The monoisotopic (exact) mass is 513 g/mol. The van der Waals surface area contributed by atoms with Crippen LogP contribution in [0.15, 0.2) is 35.5 Å². The van der Waals surface area contributed by atoms with Crippen molar-refractivity contribution in [1.82, 2.24) is 9.97 Å². The van der Waals surface area contributed by atoms with Crippen LogP contribution >= 0.6 is 0 Å².